The van der Waals surface area contributed by atoms with Crippen LogP contribution in [0, 0.1) is 0 Å². The van der Waals surface area contributed by atoms with Crippen LogP contribution in [0.2, 0.25) is 10.0 Å². The van der Waals surface area contributed by atoms with Gasteiger partial charge in [-0.25, -0.2) is 0 Å². The first-order chi connectivity index (χ1) is 11.9. The van der Waals surface area contributed by atoms with Crippen molar-refractivity contribution in [1.82, 2.24) is 0 Å². The van der Waals surface area contributed by atoms with Gasteiger partial charge in [0, 0.05) is 37.8 Å². The van der Waals surface area contributed by atoms with Crippen molar-refractivity contribution in [1.29, 1.82) is 0 Å². The van der Waals surface area contributed by atoms with E-state index in [1.165, 1.54) is 11.8 Å². The lowest BCUT2D eigenvalue weighted by atomic mass is 10.2. The van der Waals surface area contributed by atoms with Crippen molar-refractivity contribution in [2.24, 2.45) is 0 Å². The molecule has 0 saturated heterocycles. The van der Waals surface area contributed by atoms with Gasteiger partial charge in [-0.1, -0.05) is 41.4 Å². The van der Waals surface area contributed by atoms with E-state index >= 15 is 0 Å². The van der Waals surface area contributed by atoms with E-state index in [0.717, 1.165) is 5.69 Å². The maximum atomic E-state index is 12.6. The lowest BCUT2D eigenvalue weighted by molar-refractivity contribution is -0.118. The van der Waals surface area contributed by atoms with Gasteiger partial charge < -0.3 is 9.80 Å². The summed E-state index contributed by atoms with van der Waals surface area (Å²) in [7, 11) is 0. The van der Waals surface area contributed by atoms with E-state index in [1.54, 1.807) is 23.1 Å². The highest BCUT2D eigenvalue weighted by Crippen LogP contribution is 2.27. The van der Waals surface area contributed by atoms with Crippen LogP contribution >= 0.6 is 23.2 Å². The van der Waals surface area contributed by atoms with Crippen molar-refractivity contribution in [2.45, 2.75) is 20.3 Å². The summed E-state index contributed by atoms with van der Waals surface area (Å²) in [6.45, 7) is 4.22. The highest BCUT2D eigenvalue weighted by Gasteiger charge is 2.18. The van der Waals surface area contributed by atoms with Gasteiger partial charge in [0.1, 0.15) is 0 Å². The average Bonchev–Trinajstić information content (AvgIpc) is 2.59. The van der Waals surface area contributed by atoms with Crippen LogP contribution in [0.15, 0.2) is 48.5 Å². The topological polar surface area (TPSA) is 40.6 Å². The Hall–Kier alpha value is -2.04. The van der Waals surface area contributed by atoms with E-state index in [0.29, 0.717) is 22.3 Å². The maximum Gasteiger partial charge on any atom is 0.228 e. The number of amides is 2. The number of nitrogens with zero attached hydrogens (tertiary/aromatic N) is 2. The Morgan fingerprint density at radius 3 is 2.16 bits per heavy atom. The number of benzene rings is 2. The molecule has 0 unspecified atom stereocenters. The molecule has 0 spiro atoms. The van der Waals surface area contributed by atoms with Gasteiger partial charge in [0.05, 0.1) is 10.0 Å². The lowest BCUT2D eigenvalue weighted by Gasteiger charge is -2.25. The molecule has 0 aromatic heterocycles. The third-order valence-electron chi connectivity index (χ3n) is 3.83. The molecule has 0 fully saturated rings. The Balaban J connectivity index is 2.11. The Morgan fingerprint density at radius 2 is 1.60 bits per heavy atom. The zero-order chi connectivity index (χ0) is 18.4. The molecule has 0 saturated carbocycles. The fourth-order valence-corrected chi connectivity index (χ4v) is 2.87. The molecule has 2 rings (SSSR count). The first kappa shape index (κ1) is 19.3. The first-order valence-electron chi connectivity index (χ1n) is 8.02. The molecular weight excluding hydrogens is 359 g/mol. The van der Waals surface area contributed by atoms with Crippen molar-refractivity contribution in [3.63, 3.8) is 0 Å². The zero-order valence-electron chi connectivity index (χ0n) is 14.2. The van der Waals surface area contributed by atoms with Gasteiger partial charge in [0.2, 0.25) is 11.8 Å². The summed E-state index contributed by atoms with van der Waals surface area (Å²) in [6.07, 6.45) is 0.211. The molecule has 132 valence electrons. The maximum absolute atomic E-state index is 12.6. The van der Waals surface area contributed by atoms with Gasteiger partial charge in [-0.05, 0) is 37.3 Å². The second-order valence-electron chi connectivity index (χ2n) is 5.49. The molecule has 6 heteroatoms. The molecule has 0 aliphatic heterocycles. The normalized spacial score (nSPS) is 10.4. The molecule has 0 bridgehead atoms. The lowest BCUT2D eigenvalue weighted by Crippen LogP contribution is -2.36. The minimum absolute atomic E-state index is 0.0417. The van der Waals surface area contributed by atoms with E-state index in [-0.39, 0.29) is 24.8 Å². The summed E-state index contributed by atoms with van der Waals surface area (Å²) in [4.78, 5) is 27.8. The van der Waals surface area contributed by atoms with Crippen molar-refractivity contribution < 1.29 is 9.59 Å². The highest BCUT2D eigenvalue weighted by molar-refractivity contribution is 6.42. The van der Waals surface area contributed by atoms with Crippen LogP contribution in [0.1, 0.15) is 20.3 Å². The minimum atomic E-state index is -0.158. The summed E-state index contributed by atoms with van der Waals surface area (Å²) >= 11 is 12.0. The number of carbonyl (C=O) groups excluding carboxylic acids is 2. The molecule has 2 amide bonds. The average molecular weight is 379 g/mol. The van der Waals surface area contributed by atoms with Gasteiger partial charge in [0.15, 0.2) is 0 Å². The zero-order valence-corrected chi connectivity index (χ0v) is 15.7. The van der Waals surface area contributed by atoms with Crippen LogP contribution in [-0.4, -0.2) is 24.9 Å². The monoisotopic (exact) mass is 378 g/mol. The van der Waals surface area contributed by atoms with Crippen LogP contribution in [0.5, 0.6) is 0 Å². The number of halogens is 2. The second kappa shape index (κ2) is 8.88. The van der Waals surface area contributed by atoms with E-state index in [1.807, 2.05) is 37.3 Å². The SMILES string of the molecule is CCN(C(=O)CCN(C(C)=O)c1ccc(Cl)c(Cl)c1)c1ccccc1. The van der Waals surface area contributed by atoms with Gasteiger partial charge >= 0.3 is 0 Å². The molecule has 0 aliphatic carbocycles. The third kappa shape index (κ3) is 4.97. The van der Waals surface area contributed by atoms with Crippen molar-refractivity contribution in [3.8, 4) is 0 Å². The quantitative estimate of drug-likeness (QED) is 0.724. The number of hydrogen-bond donors (Lipinski definition) is 0. The molecule has 4 nitrogen and oxygen atoms in total. The predicted octanol–water partition coefficient (Wildman–Crippen LogP) is 4.79. The fourth-order valence-electron chi connectivity index (χ4n) is 2.57. The second-order valence-corrected chi connectivity index (χ2v) is 6.31. The third-order valence-corrected chi connectivity index (χ3v) is 4.57. The van der Waals surface area contributed by atoms with Gasteiger partial charge in [-0.15, -0.1) is 0 Å². The Morgan fingerprint density at radius 1 is 0.920 bits per heavy atom. The van der Waals surface area contributed by atoms with Crippen LogP contribution in [-0.2, 0) is 9.59 Å². The molecule has 2 aromatic carbocycles. The molecule has 0 aliphatic rings. The van der Waals surface area contributed by atoms with Crippen molar-refractivity contribution in [3.05, 3.63) is 58.6 Å². The minimum Gasteiger partial charge on any atom is -0.313 e. The van der Waals surface area contributed by atoms with Crippen molar-refractivity contribution >= 4 is 46.4 Å². The van der Waals surface area contributed by atoms with E-state index in [9.17, 15) is 9.59 Å². The van der Waals surface area contributed by atoms with Gasteiger partial charge in [-0.2, -0.15) is 0 Å². The molecule has 0 N–H and O–H groups in total. The Bertz CT molecular complexity index is 750. The first-order valence-corrected chi connectivity index (χ1v) is 8.78. The number of rotatable bonds is 6. The molecule has 0 heterocycles. The number of carbonyl (C=O) groups is 2. The van der Waals surface area contributed by atoms with E-state index in [2.05, 4.69) is 0 Å². The largest absolute Gasteiger partial charge is 0.313 e. The molecule has 25 heavy (non-hydrogen) atoms. The van der Waals surface area contributed by atoms with Crippen LogP contribution in [0.3, 0.4) is 0 Å². The fraction of sp³-hybridized carbons (Fsp3) is 0.263. The van der Waals surface area contributed by atoms with Crippen LogP contribution in [0.4, 0.5) is 11.4 Å². The Kier molecular flexibility index (Phi) is 6.85. The summed E-state index contributed by atoms with van der Waals surface area (Å²) in [5, 5.41) is 0.794. The summed E-state index contributed by atoms with van der Waals surface area (Å²) in [5.41, 5.74) is 1.47. The van der Waals surface area contributed by atoms with Crippen molar-refractivity contribution in [2.75, 3.05) is 22.9 Å². The number of hydrogen-bond acceptors (Lipinski definition) is 2. The molecular formula is C19H20Cl2N2O2. The summed E-state index contributed by atoms with van der Waals surface area (Å²) < 4.78 is 0. The Labute approximate surface area is 157 Å². The van der Waals surface area contributed by atoms with Crippen LogP contribution < -0.4 is 9.80 Å². The number of anilines is 2. The van der Waals surface area contributed by atoms with Crippen LogP contribution in [0.25, 0.3) is 0 Å². The standard InChI is InChI=1S/C19H20Cl2N2O2/c1-3-22(15-7-5-4-6-8-15)19(25)11-12-23(14(2)24)16-9-10-17(20)18(21)13-16/h4-10,13H,3,11-12H2,1-2H3. The predicted molar refractivity (Wildman–Crippen MR) is 104 cm³/mol. The molecule has 2 aromatic rings. The highest BCUT2D eigenvalue weighted by atomic mass is 35.5. The number of para-hydroxylation sites is 1. The van der Waals surface area contributed by atoms with E-state index < -0.39 is 0 Å². The summed E-state index contributed by atoms with van der Waals surface area (Å²) in [5.74, 6) is -0.200. The molecule has 0 radical (unpaired) electrons. The van der Waals surface area contributed by atoms with Gasteiger partial charge in [-0.3, -0.25) is 9.59 Å². The van der Waals surface area contributed by atoms with E-state index in [4.69, 9.17) is 23.2 Å². The smallest absolute Gasteiger partial charge is 0.228 e. The molecule has 0 atom stereocenters. The van der Waals surface area contributed by atoms with Gasteiger partial charge in [0.25, 0.3) is 0 Å². The summed E-state index contributed by atoms with van der Waals surface area (Å²) in [6, 6.07) is 14.5.